The van der Waals surface area contributed by atoms with Crippen molar-refractivity contribution in [1.82, 2.24) is 4.90 Å². The molecule has 0 fully saturated rings. The fourth-order valence-corrected chi connectivity index (χ4v) is 1.87. The third-order valence-electron chi connectivity index (χ3n) is 2.97. The first-order valence-corrected chi connectivity index (χ1v) is 6.38. The monoisotopic (exact) mass is 250 g/mol. The van der Waals surface area contributed by atoms with Crippen molar-refractivity contribution in [3.05, 3.63) is 35.9 Å². The van der Waals surface area contributed by atoms with Crippen LogP contribution >= 0.6 is 0 Å². The second kappa shape index (κ2) is 7.84. The number of nitrogens with two attached hydrogens (primary N) is 1. The molecular formula is C14H22N2O2. The average molecular weight is 250 g/mol. The Morgan fingerprint density at radius 2 is 2.06 bits per heavy atom. The SMILES string of the molecule is CCN(CCO)C(=O)C(N)CCc1ccccc1. The van der Waals surface area contributed by atoms with Gasteiger partial charge in [0.15, 0.2) is 0 Å². The Kier molecular flexibility index (Phi) is 6.39. The fourth-order valence-electron chi connectivity index (χ4n) is 1.87. The number of hydrogen-bond donors (Lipinski definition) is 2. The molecule has 1 unspecified atom stereocenters. The second-order valence-electron chi connectivity index (χ2n) is 4.27. The predicted octanol–water partition coefficient (Wildman–Crippen LogP) is 0.787. The number of aliphatic hydroxyl groups excluding tert-OH is 1. The maximum Gasteiger partial charge on any atom is 0.239 e. The normalized spacial score (nSPS) is 12.2. The fraction of sp³-hybridized carbons (Fsp3) is 0.500. The minimum absolute atomic E-state index is 0.0228. The summed E-state index contributed by atoms with van der Waals surface area (Å²) in [5.74, 6) is -0.0810. The number of likely N-dealkylation sites (N-methyl/N-ethyl adjacent to an activating group) is 1. The summed E-state index contributed by atoms with van der Waals surface area (Å²) < 4.78 is 0. The molecule has 4 heteroatoms. The first-order chi connectivity index (χ1) is 8.69. The van der Waals surface area contributed by atoms with Crippen molar-refractivity contribution in [2.45, 2.75) is 25.8 Å². The van der Waals surface area contributed by atoms with Crippen LogP contribution in [0.2, 0.25) is 0 Å². The molecule has 0 aliphatic rings. The van der Waals surface area contributed by atoms with Gasteiger partial charge in [-0.05, 0) is 25.3 Å². The van der Waals surface area contributed by atoms with Crippen LogP contribution in [-0.4, -0.2) is 41.7 Å². The van der Waals surface area contributed by atoms with Gasteiger partial charge in [-0.15, -0.1) is 0 Å². The molecule has 1 amide bonds. The van der Waals surface area contributed by atoms with Gasteiger partial charge in [-0.1, -0.05) is 30.3 Å². The molecule has 1 atom stereocenters. The van der Waals surface area contributed by atoms with Gasteiger partial charge >= 0.3 is 0 Å². The van der Waals surface area contributed by atoms with Crippen LogP contribution in [0, 0.1) is 0 Å². The van der Waals surface area contributed by atoms with Crippen LogP contribution in [0.5, 0.6) is 0 Å². The number of rotatable bonds is 7. The Bertz CT molecular complexity index is 354. The Morgan fingerprint density at radius 1 is 1.39 bits per heavy atom. The standard InChI is InChI=1S/C14H22N2O2/c1-2-16(10-11-17)14(18)13(15)9-8-12-6-4-3-5-7-12/h3-7,13,17H,2,8-11,15H2,1H3. The number of aliphatic hydroxyl groups is 1. The molecule has 18 heavy (non-hydrogen) atoms. The molecule has 0 heterocycles. The van der Waals surface area contributed by atoms with Crippen LogP contribution in [0.4, 0.5) is 0 Å². The van der Waals surface area contributed by atoms with Crippen molar-refractivity contribution in [3.8, 4) is 0 Å². The van der Waals surface area contributed by atoms with Gasteiger partial charge in [-0.25, -0.2) is 0 Å². The van der Waals surface area contributed by atoms with Gasteiger partial charge in [0.25, 0.3) is 0 Å². The lowest BCUT2D eigenvalue weighted by Crippen LogP contribution is -2.45. The molecule has 0 aromatic heterocycles. The van der Waals surface area contributed by atoms with Crippen LogP contribution in [-0.2, 0) is 11.2 Å². The van der Waals surface area contributed by atoms with Crippen molar-refractivity contribution in [2.24, 2.45) is 5.73 Å². The molecule has 3 N–H and O–H groups in total. The van der Waals surface area contributed by atoms with Crippen LogP contribution in [0.25, 0.3) is 0 Å². The maximum atomic E-state index is 12.0. The quantitative estimate of drug-likeness (QED) is 0.752. The van der Waals surface area contributed by atoms with Crippen LogP contribution in [0.1, 0.15) is 18.9 Å². The highest BCUT2D eigenvalue weighted by Gasteiger charge is 2.18. The highest BCUT2D eigenvalue weighted by molar-refractivity contribution is 5.81. The van der Waals surface area contributed by atoms with E-state index >= 15 is 0 Å². The number of amides is 1. The van der Waals surface area contributed by atoms with E-state index in [2.05, 4.69) is 0 Å². The van der Waals surface area contributed by atoms with Gasteiger partial charge in [0, 0.05) is 13.1 Å². The third kappa shape index (κ3) is 4.47. The first-order valence-electron chi connectivity index (χ1n) is 6.38. The molecule has 0 radical (unpaired) electrons. The molecule has 1 aromatic carbocycles. The summed E-state index contributed by atoms with van der Waals surface area (Å²) in [6.45, 7) is 2.80. The molecule has 1 rings (SSSR count). The van der Waals surface area contributed by atoms with E-state index in [1.165, 1.54) is 5.56 Å². The Labute approximate surface area is 108 Å². The summed E-state index contributed by atoms with van der Waals surface area (Å²) in [7, 11) is 0. The smallest absolute Gasteiger partial charge is 0.239 e. The zero-order valence-electron chi connectivity index (χ0n) is 10.9. The highest BCUT2D eigenvalue weighted by atomic mass is 16.3. The summed E-state index contributed by atoms with van der Waals surface area (Å²) in [6, 6.07) is 9.50. The van der Waals surface area contributed by atoms with E-state index in [9.17, 15) is 4.79 Å². The average Bonchev–Trinajstić information content (AvgIpc) is 2.42. The van der Waals surface area contributed by atoms with E-state index in [0.29, 0.717) is 19.5 Å². The predicted molar refractivity (Wildman–Crippen MR) is 72.1 cm³/mol. The van der Waals surface area contributed by atoms with Crippen molar-refractivity contribution < 1.29 is 9.90 Å². The molecule has 100 valence electrons. The molecule has 0 saturated carbocycles. The number of carbonyl (C=O) groups is 1. The largest absolute Gasteiger partial charge is 0.395 e. The summed E-state index contributed by atoms with van der Waals surface area (Å²) in [5, 5.41) is 8.87. The zero-order chi connectivity index (χ0) is 13.4. The molecule has 4 nitrogen and oxygen atoms in total. The molecule has 1 aromatic rings. The van der Waals surface area contributed by atoms with Crippen LogP contribution in [0.15, 0.2) is 30.3 Å². The van der Waals surface area contributed by atoms with Crippen LogP contribution in [0.3, 0.4) is 0 Å². The van der Waals surface area contributed by atoms with E-state index in [1.54, 1.807) is 4.90 Å². The highest BCUT2D eigenvalue weighted by Crippen LogP contribution is 2.06. The van der Waals surface area contributed by atoms with Gasteiger partial charge in [-0.2, -0.15) is 0 Å². The minimum atomic E-state index is -0.489. The van der Waals surface area contributed by atoms with E-state index in [4.69, 9.17) is 10.8 Å². The topological polar surface area (TPSA) is 66.6 Å². The number of hydrogen-bond acceptors (Lipinski definition) is 3. The van der Waals surface area contributed by atoms with Gasteiger partial charge in [0.1, 0.15) is 0 Å². The number of aryl methyl sites for hydroxylation is 1. The summed E-state index contributed by atoms with van der Waals surface area (Å²) in [4.78, 5) is 13.6. The van der Waals surface area contributed by atoms with Crippen molar-refractivity contribution in [2.75, 3.05) is 19.7 Å². The number of nitrogens with zero attached hydrogens (tertiary/aromatic N) is 1. The van der Waals surface area contributed by atoms with Gasteiger partial charge in [-0.3, -0.25) is 4.79 Å². The summed E-state index contributed by atoms with van der Waals surface area (Å²) >= 11 is 0. The van der Waals surface area contributed by atoms with Crippen molar-refractivity contribution >= 4 is 5.91 Å². The van der Waals surface area contributed by atoms with Gasteiger partial charge < -0.3 is 15.7 Å². The van der Waals surface area contributed by atoms with E-state index in [-0.39, 0.29) is 12.5 Å². The van der Waals surface area contributed by atoms with Crippen molar-refractivity contribution in [1.29, 1.82) is 0 Å². The lowest BCUT2D eigenvalue weighted by atomic mass is 10.0. The van der Waals surface area contributed by atoms with E-state index < -0.39 is 6.04 Å². The molecular weight excluding hydrogens is 228 g/mol. The van der Waals surface area contributed by atoms with E-state index in [1.807, 2.05) is 37.3 Å². The molecule has 0 spiro atoms. The first kappa shape index (κ1) is 14.7. The third-order valence-corrected chi connectivity index (χ3v) is 2.97. The minimum Gasteiger partial charge on any atom is -0.395 e. The number of benzene rings is 1. The summed E-state index contributed by atoms with van der Waals surface area (Å²) in [5.41, 5.74) is 7.09. The lowest BCUT2D eigenvalue weighted by molar-refractivity contribution is -0.133. The second-order valence-corrected chi connectivity index (χ2v) is 4.27. The van der Waals surface area contributed by atoms with Crippen LogP contribution < -0.4 is 5.73 Å². The molecule has 0 aliphatic heterocycles. The Hall–Kier alpha value is -1.39. The zero-order valence-corrected chi connectivity index (χ0v) is 10.9. The maximum absolute atomic E-state index is 12.0. The van der Waals surface area contributed by atoms with Gasteiger partial charge in [0.05, 0.1) is 12.6 Å². The Balaban J connectivity index is 2.44. The van der Waals surface area contributed by atoms with Gasteiger partial charge in [0.2, 0.25) is 5.91 Å². The summed E-state index contributed by atoms with van der Waals surface area (Å²) in [6.07, 6.45) is 1.43. The molecule has 0 bridgehead atoms. The van der Waals surface area contributed by atoms with E-state index in [0.717, 1.165) is 6.42 Å². The number of carbonyl (C=O) groups excluding carboxylic acids is 1. The Morgan fingerprint density at radius 3 is 2.61 bits per heavy atom. The molecule has 0 saturated heterocycles. The van der Waals surface area contributed by atoms with Crippen molar-refractivity contribution in [3.63, 3.8) is 0 Å². The molecule has 0 aliphatic carbocycles. The lowest BCUT2D eigenvalue weighted by Gasteiger charge is -2.23.